The highest BCUT2D eigenvalue weighted by Gasteiger charge is 2.52. The second-order valence-corrected chi connectivity index (χ2v) is 11.9. The van der Waals surface area contributed by atoms with Gasteiger partial charge < -0.3 is 9.30 Å². The number of nitro benzene ring substituents is 1. The number of aromatic nitrogens is 2. The number of para-hydroxylation sites is 1. The largest absolute Gasteiger partial charge is 0.460 e. The van der Waals surface area contributed by atoms with Crippen LogP contribution in [0.2, 0.25) is 0 Å². The summed E-state index contributed by atoms with van der Waals surface area (Å²) < 4.78 is 7.05. The predicted molar refractivity (Wildman–Crippen MR) is 168 cm³/mol. The molecule has 1 atom stereocenters. The lowest BCUT2D eigenvalue weighted by molar-refractivity contribution is -0.383. The molecule has 3 aliphatic heterocycles. The van der Waals surface area contributed by atoms with Crippen molar-refractivity contribution in [2.45, 2.75) is 38.3 Å². The molecule has 3 aliphatic rings. The molecule has 5 heterocycles. The maximum Gasteiger partial charge on any atom is 0.324 e. The molecule has 0 saturated heterocycles. The monoisotopic (exact) mass is 628 g/mol. The zero-order chi connectivity index (χ0) is 32.8. The first-order valence-electron chi connectivity index (χ1n) is 15.1. The first-order chi connectivity index (χ1) is 22.6. The SMILES string of the molecule is CC[C@@]1(C(=O)CCN2C(=O)c3cccc4c([N+](=O)[O-])ccc(c34)C2=O)C(=O)OCc2c1cc1n(c2=O)Cc2cc3ccccc3nc2-1. The summed E-state index contributed by atoms with van der Waals surface area (Å²) in [6, 6.07) is 18.2. The average molecular weight is 629 g/mol. The number of cyclic esters (lactones) is 1. The molecule has 0 unspecified atom stereocenters. The number of non-ortho nitro benzene ring substituents is 1. The van der Waals surface area contributed by atoms with E-state index in [1.807, 2.05) is 30.3 Å². The minimum absolute atomic E-state index is 0.0216. The fraction of sp³-hybridized carbons (Fsp3) is 0.200. The molecule has 2 amide bonds. The van der Waals surface area contributed by atoms with Gasteiger partial charge >= 0.3 is 5.97 Å². The van der Waals surface area contributed by atoms with Crippen molar-refractivity contribution in [3.8, 4) is 11.4 Å². The van der Waals surface area contributed by atoms with Gasteiger partial charge in [0.25, 0.3) is 23.1 Å². The molecule has 0 bridgehead atoms. The number of amides is 2. The Morgan fingerprint density at radius 1 is 1.00 bits per heavy atom. The summed E-state index contributed by atoms with van der Waals surface area (Å²) in [5, 5.41) is 12.9. The number of hydrogen-bond acceptors (Lipinski definition) is 9. The van der Waals surface area contributed by atoms with Gasteiger partial charge in [0.15, 0.2) is 11.2 Å². The van der Waals surface area contributed by atoms with Gasteiger partial charge in [0.2, 0.25) is 0 Å². The molecule has 232 valence electrons. The van der Waals surface area contributed by atoms with Gasteiger partial charge in [-0.05, 0) is 48.4 Å². The van der Waals surface area contributed by atoms with E-state index < -0.39 is 40.3 Å². The summed E-state index contributed by atoms with van der Waals surface area (Å²) in [7, 11) is 0. The van der Waals surface area contributed by atoms with Crippen LogP contribution < -0.4 is 5.56 Å². The first kappa shape index (κ1) is 28.4. The number of imide groups is 1. The van der Waals surface area contributed by atoms with Crippen molar-refractivity contribution < 1.29 is 28.8 Å². The van der Waals surface area contributed by atoms with Gasteiger partial charge in [-0.2, -0.15) is 0 Å². The van der Waals surface area contributed by atoms with Crippen molar-refractivity contribution >= 4 is 50.9 Å². The Balaban J connectivity index is 1.17. The van der Waals surface area contributed by atoms with E-state index in [1.54, 1.807) is 17.6 Å². The molecule has 0 fully saturated rings. The maximum atomic E-state index is 14.2. The van der Waals surface area contributed by atoms with E-state index in [4.69, 9.17) is 9.72 Å². The Bertz CT molecular complexity index is 2360. The number of rotatable bonds is 6. The molecule has 5 aromatic rings. The zero-order valence-electron chi connectivity index (χ0n) is 24.9. The van der Waals surface area contributed by atoms with Crippen LogP contribution >= 0.6 is 0 Å². The number of benzene rings is 3. The van der Waals surface area contributed by atoms with E-state index in [0.717, 1.165) is 21.4 Å². The molecule has 3 aromatic carbocycles. The standard InChI is InChI=1S/C35H24N4O8/c1-2-35(28(40)12-13-37-31(41)21-8-5-7-20-26(39(45)46)11-10-22(29(20)21)32(37)42)24-15-27-30-19(14-18-6-3-4-9-25(18)36-30)16-38(27)33(43)23(24)17-47-34(35)44/h3-11,14-15H,2,12-13,16-17H2,1H3/t35-/m1/s1. The Morgan fingerprint density at radius 2 is 1.77 bits per heavy atom. The molecule has 0 N–H and O–H groups in total. The number of ether oxygens (including phenoxy) is 1. The number of fused-ring (bicyclic) bond motifs is 5. The fourth-order valence-corrected chi connectivity index (χ4v) is 7.32. The summed E-state index contributed by atoms with van der Waals surface area (Å²) >= 11 is 0. The average Bonchev–Trinajstić information content (AvgIpc) is 3.43. The second-order valence-electron chi connectivity index (χ2n) is 11.9. The van der Waals surface area contributed by atoms with Crippen molar-refractivity contribution in [2.24, 2.45) is 0 Å². The molecule has 0 aliphatic carbocycles. The highest BCUT2D eigenvalue weighted by Crippen LogP contribution is 2.42. The minimum atomic E-state index is -1.84. The number of carbonyl (C=O) groups excluding carboxylic acids is 4. The van der Waals surface area contributed by atoms with Crippen molar-refractivity contribution in [1.29, 1.82) is 0 Å². The van der Waals surface area contributed by atoms with Crippen LogP contribution in [0.15, 0.2) is 71.5 Å². The lowest BCUT2D eigenvalue weighted by atomic mass is 9.70. The van der Waals surface area contributed by atoms with Crippen LogP contribution in [0.4, 0.5) is 5.69 Å². The van der Waals surface area contributed by atoms with Gasteiger partial charge in [-0.3, -0.25) is 39.0 Å². The van der Waals surface area contributed by atoms with Crippen molar-refractivity contribution in [1.82, 2.24) is 14.5 Å². The highest BCUT2D eigenvalue weighted by molar-refractivity contribution is 6.26. The minimum Gasteiger partial charge on any atom is -0.460 e. The summed E-state index contributed by atoms with van der Waals surface area (Å²) in [5.41, 5.74) is 0.866. The van der Waals surface area contributed by atoms with Crippen LogP contribution in [0.5, 0.6) is 0 Å². The number of esters is 1. The Morgan fingerprint density at radius 3 is 2.53 bits per heavy atom. The Hall–Kier alpha value is -6.04. The number of pyridine rings is 2. The number of carbonyl (C=O) groups is 4. The van der Waals surface area contributed by atoms with E-state index in [-0.39, 0.29) is 70.4 Å². The molecule has 0 spiro atoms. The van der Waals surface area contributed by atoms with Gasteiger partial charge in [-0.1, -0.05) is 31.2 Å². The molecule has 47 heavy (non-hydrogen) atoms. The smallest absolute Gasteiger partial charge is 0.324 e. The van der Waals surface area contributed by atoms with Crippen LogP contribution in [0.25, 0.3) is 33.1 Å². The summed E-state index contributed by atoms with van der Waals surface area (Å²) in [6.45, 7) is 1.30. The first-order valence-corrected chi connectivity index (χ1v) is 15.1. The van der Waals surface area contributed by atoms with Gasteiger partial charge in [0.05, 0.1) is 39.3 Å². The van der Waals surface area contributed by atoms with Gasteiger partial charge in [-0.15, -0.1) is 0 Å². The predicted octanol–water partition coefficient (Wildman–Crippen LogP) is 4.45. The normalized spacial score (nSPS) is 17.8. The van der Waals surface area contributed by atoms with Crippen LogP contribution in [0.1, 0.15) is 57.2 Å². The van der Waals surface area contributed by atoms with Crippen LogP contribution in [0, 0.1) is 10.1 Å². The third-order valence-corrected chi connectivity index (χ3v) is 9.66. The summed E-state index contributed by atoms with van der Waals surface area (Å²) in [6.07, 6.45) is -0.414. The third-order valence-electron chi connectivity index (χ3n) is 9.66. The lowest BCUT2D eigenvalue weighted by Gasteiger charge is -2.36. The lowest BCUT2D eigenvalue weighted by Crippen LogP contribution is -2.51. The fourth-order valence-electron chi connectivity index (χ4n) is 7.32. The van der Waals surface area contributed by atoms with E-state index in [0.29, 0.717) is 11.4 Å². The molecule has 0 saturated carbocycles. The van der Waals surface area contributed by atoms with E-state index in [9.17, 15) is 34.1 Å². The van der Waals surface area contributed by atoms with Crippen LogP contribution in [-0.2, 0) is 32.9 Å². The van der Waals surface area contributed by atoms with Gasteiger partial charge in [-0.25, -0.2) is 4.98 Å². The number of ketones is 1. The Kier molecular flexibility index (Phi) is 6.04. The number of nitrogens with zero attached hydrogens (tertiary/aromatic N) is 4. The van der Waals surface area contributed by atoms with E-state index >= 15 is 0 Å². The van der Waals surface area contributed by atoms with Crippen molar-refractivity contribution in [3.05, 3.63) is 115 Å². The number of nitro groups is 1. The molecule has 0 radical (unpaired) electrons. The summed E-state index contributed by atoms with van der Waals surface area (Å²) in [4.78, 5) is 85.5. The molecular formula is C35H24N4O8. The van der Waals surface area contributed by atoms with Crippen LogP contribution in [-0.4, -0.2) is 49.5 Å². The number of hydrogen-bond donors (Lipinski definition) is 0. The van der Waals surface area contributed by atoms with E-state index in [2.05, 4.69) is 0 Å². The quantitative estimate of drug-likeness (QED) is 0.0854. The van der Waals surface area contributed by atoms with Gasteiger partial charge in [0.1, 0.15) is 6.61 Å². The van der Waals surface area contributed by atoms with Crippen LogP contribution in [0.3, 0.4) is 0 Å². The molecule has 12 nitrogen and oxygen atoms in total. The summed E-state index contributed by atoms with van der Waals surface area (Å²) in [5.74, 6) is -2.81. The molecule has 2 aromatic heterocycles. The third kappa shape index (κ3) is 3.81. The second kappa shape index (κ2) is 9.98. The van der Waals surface area contributed by atoms with E-state index in [1.165, 1.54) is 30.3 Å². The number of Topliss-reactive ketones (excluding diaryl/α,β-unsaturated/α-hetero) is 1. The van der Waals surface area contributed by atoms with Crippen molar-refractivity contribution in [2.75, 3.05) is 6.54 Å². The molecule has 12 heteroatoms. The van der Waals surface area contributed by atoms with Crippen molar-refractivity contribution in [3.63, 3.8) is 0 Å². The maximum absolute atomic E-state index is 14.2. The molecule has 8 rings (SSSR count). The Labute approximate surface area is 265 Å². The highest BCUT2D eigenvalue weighted by atomic mass is 16.6. The molecular weight excluding hydrogens is 604 g/mol. The topological polar surface area (TPSA) is 159 Å². The zero-order valence-corrected chi connectivity index (χ0v) is 24.9. The van der Waals surface area contributed by atoms with Gasteiger partial charge in [0, 0.05) is 46.5 Å².